The number of primary amides is 1. The second-order valence-electron chi connectivity index (χ2n) is 6.20. The third kappa shape index (κ3) is 4.66. The molecule has 0 unspecified atom stereocenters. The zero-order chi connectivity index (χ0) is 17.7. The summed E-state index contributed by atoms with van der Waals surface area (Å²) in [7, 11) is 0. The Hall–Kier alpha value is -2.18. The van der Waals surface area contributed by atoms with Gasteiger partial charge < -0.3 is 16.0 Å². The summed E-state index contributed by atoms with van der Waals surface area (Å²) < 4.78 is 27.3. The van der Waals surface area contributed by atoms with Crippen molar-refractivity contribution in [2.24, 2.45) is 11.7 Å². The van der Waals surface area contributed by atoms with Crippen LogP contribution < -0.4 is 11.1 Å². The average Bonchev–Trinajstić information content (AvgIpc) is 2.54. The van der Waals surface area contributed by atoms with Crippen molar-refractivity contribution in [2.45, 2.75) is 38.6 Å². The van der Waals surface area contributed by atoms with Crippen LogP contribution in [0, 0.1) is 17.6 Å². The highest BCUT2D eigenvalue weighted by Crippen LogP contribution is 2.23. The number of carbonyl (C=O) groups is 2. The van der Waals surface area contributed by atoms with Crippen LogP contribution in [0.15, 0.2) is 18.2 Å². The summed E-state index contributed by atoms with van der Waals surface area (Å²) >= 11 is 0. The van der Waals surface area contributed by atoms with E-state index in [-0.39, 0.29) is 29.8 Å². The van der Waals surface area contributed by atoms with Crippen LogP contribution in [-0.4, -0.2) is 29.9 Å². The molecule has 7 heteroatoms. The number of nitrogens with two attached hydrogens (primary N) is 1. The molecule has 1 heterocycles. The van der Waals surface area contributed by atoms with Gasteiger partial charge in [0.2, 0.25) is 5.91 Å². The number of nitrogens with zero attached hydrogens (tertiary/aromatic N) is 1. The second kappa shape index (κ2) is 8.08. The van der Waals surface area contributed by atoms with Gasteiger partial charge >= 0.3 is 6.03 Å². The van der Waals surface area contributed by atoms with E-state index in [2.05, 4.69) is 5.32 Å². The summed E-state index contributed by atoms with van der Waals surface area (Å²) in [6, 6.07) is 2.27. The molecule has 0 spiro atoms. The van der Waals surface area contributed by atoms with Gasteiger partial charge in [-0.1, -0.05) is 6.92 Å². The van der Waals surface area contributed by atoms with E-state index in [1.54, 1.807) is 11.8 Å². The van der Waals surface area contributed by atoms with Crippen LogP contribution in [0.3, 0.4) is 0 Å². The molecule has 1 aliphatic rings. The molecule has 0 aromatic heterocycles. The number of urea groups is 1. The lowest BCUT2D eigenvalue weighted by Gasteiger charge is -2.33. The molecule has 1 fully saturated rings. The summed E-state index contributed by atoms with van der Waals surface area (Å²) in [6.07, 6.45) is 2.32. The number of halogens is 2. The Morgan fingerprint density at radius 2 is 2.17 bits per heavy atom. The number of likely N-dealkylation sites (tertiary alicyclic amines) is 1. The normalized spacial score (nSPS) is 19.0. The van der Waals surface area contributed by atoms with Crippen LogP contribution in [0.1, 0.15) is 44.2 Å². The third-order valence-electron chi connectivity index (χ3n) is 4.34. The van der Waals surface area contributed by atoms with E-state index in [4.69, 9.17) is 5.73 Å². The highest BCUT2D eigenvalue weighted by Gasteiger charge is 2.26. The lowest BCUT2D eigenvalue weighted by atomic mass is 9.95. The SMILES string of the molecule is CC[C@@H](NC(=O)N1CCC[C@H](CC(N)=O)C1)c1cc(F)ccc1F. The Bertz CT molecular complexity index is 609. The topological polar surface area (TPSA) is 75.4 Å². The molecule has 24 heavy (non-hydrogen) atoms. The molecule has 3 amide bonds. The average molecular weight is 339 g/mol. The number of hydrogen-bond donors (Lipinski definition) is 2. The molecule has 1 aliphatic heterocycles. The third-order valence-corrected chi connectivity index (χ3v) is 4.34. The molecule has 5 nitrogen and oxygen atoms in total. The molecule has 0 aliphatic carbocycles. The van der Waals surface area contributed by atoms with Crippen molar-refractivity contribution in [3.05, 3.63) is 35.4 Å². The van der Waals surface area contributed by atoms with Crippen molar-refractivity contribution >= 4 is 11.9 Å². The summed E-state index contributed by atoms with van der Waals surface area (Å²) in [5.74, 6) is -1.42. The van der Waals surface area contributed by atoms with Crippen LogP contribution in [0.2, 0.25) is 0 Å². The zero-order valence-corrected chi connectivity index (χ0v) is 13.7. The summed E-state index contributed by atoms with van der Waals surface area (Å²) in [6.45, 7) is 2.81. The van der Waals surface area contributed by atoms with Crippen LogP contribution >= 0.6 is 0 Å². The van der Waals surface area contributed by atoms with Gasteiger partial charge in [-0.2, -0.15) is 0 Å². The quantitative estimate of drug-likeness (QED) is 0.865. The molecule has 3 N–H and O–H groups in total. The largest absolute Gasteiger partial charge is 0.370 e. The monoisotopic (exact) mass is 339 g/mol. The Morgan fingerprint density at radius 3 is 2.83 bits per heavy atom. The number of piperidine rings is 1. The van der Waals surface area contributed by atoms with Gasteiger partial charge in [-0.15, -0.1) is 0 Å². The summed E-state index contributed by atoms with van der Waals surface area (Å²) in [4.78, 5) is 25.1. The van der Waals surface area contributed by atoms with Crippen molar-refractivity contribution in [3.63, 3.8) is 0 Å². The Kier molecular flexibility index (Phi) is 6.11. The number of carbonyl (C=O) groups excluding carboxylic acids is 2. The number of hydrogen-bond acceptors (Lipinski definition) is 2. The number of nitrogens with one attached hydrogen (secondary N) is 1. The molecular formula is C17H23F2N3O2. The molecule has 0 bridgehead atoms. The van der Waals surface area contributed by atoms with Gasteiger partial charge in [0, 0.05) is 25.1 Å². The second-order valence-corrected chi connectivity index (χ2v) is 6.20. The minimum absolute atomic E-state index is 0.0491. The van der Waals surface area contributed by atoms with Gasteiger partial charge in [0.05, 0.1) is 6.04 Å². The van der Waals surface area contributed by atoms with Gasteiger partial charge in [0.25, 0.3) is 0 Å². The predicted octanol–water partition coefficient (Wildman–Crippen LogP) is 2.71. The van der Waals surface area contributed by atoms with Crippen molar-refractivity contribution < 1.29 is 18.4 Å². The Balaban J connectivity index is 2.03. The van der Waals surface area contributed by atoms with Crippen LogP contribution in [0.4, 0.5) is 13.6 Å². The van der Waals surface area contributed by atoms with Gasteiger partial charge in [0.15, 0.2) is 0 Å². The maximum atomic E-state index is 13.9. The lowest BCUT2D eigenvalue weighted by molar-refractivity contribution is -0.119. The van der Waals surface area contributed by atoms with E-state index >= 15 is 0 Å². The molecule has 2 atom stereocenters. The minimum Gasteiger partial charge on any atom is -0.370 e. The van der Waals surface area contributed by atoms with E-state index in [1.807, 2.05) is 0 Å². The molecule has 0 saturated carbocycles. The van der Waals surface area contributed by atoms with Crippen molar-refractivity contribution in [1.82, 2.24) is 10.2 Å². The van der Waals surface area contributed by atoms with Crippen LogP contribution in [0.25, 0.3) is 0 Å². The van der Waals surface area contributed by atoms with E-state index < -0.39 is 17.7 Å². The van der Waals surface area contributed by atoms with Gasteiger partial charge in [-0.25, -0.2) is 13.6 Å². The fourth-order valence-corrected chi connectivity index (χ4v) is 3.12. The molecular weight excluding hydrogens is 316 g/mol. The van der Waals surface area contributed by atoms with E-state index in [9.17, 15) is 18.4 Å². The fourth-order valence-electron chi connectivity index (χ4n) is 3.12. The maximum Gasteiger partial charge on any atom is 0.317 e. The smallest absolute Gasteiger partial charge is 0.317 e. The molecule has 2 rings (SSSR count). The molecule has 1 aromatic rings. The summed E-state index contributed by atoms with van der Waals surface area (Å²) in [5, 5.41) is 2.76. The van der Waals surface area contributed by atoms with Gasteiger partial charge in [-0.05, 0) is 43.4 Å². The van der Waals surface area contributed by atoms with E-state index in [0.29, 0.717) is 19.5 Å². The van der Waals surface area contributed by atoms with Crippen molar-refractivity contribution in [2.75, 3.05) is 13.1 Å². The van der Waals surface area contributed by atoms with Gasteiger partial charge in [0.1, 0.15) is 11.6 Å². The van der Waals surface area contributed by atoms with Gasteiger partial charge in [-0.3, -0.25) is 4.79 Å². The Morgan fingerprint density at radius 1 is 1.42 bits per heavy atom. The Labute approximate surface area is 140 Å². The first kappa shape index (κ1) is 18.2. The number of benzene rings is 1. The summed E-state index contributed by atoms with van der Waals surface area (Å²) in [5.41, 5.74) is 5.35. The first-order valence-corrected chi connectivity index (χ1v) is 8.19. The van der Waals surface area contributed by atoms with Crippen molar-refractivity contribution in [3.8, 4) is 0 Å². The lowest BCUT2D eigenvalue weighted by Crippen LogP contribution is -2.47. The van der Waals surface area contributed by atoms with Crippen LogP contribution in [0.5, 0.6) is 0 Å². The molecule has 132 valence electrons. The highest BCUT2D eigenvalue weighted by molar-refractivity contribution is 5.76. The minimum atomic E-state index is -0.607. The molecule has 0 radical (unpaired) electrons. The maximum absolute atomic E-state index is 13.9. The predicted molar refractivity (Wildman–Crippen MR) is 86.0 cm³/mol. The molecule has 1 saturated heterocycles. The van der Waals surface area contributed by atoms with E-state index in [1.165, 1.54) is 0 Å². The molecule has 1 aromatic carbocycles. The van der Waals surface area contributed by atoms with Crippen LogP contribution in [-0.2, 0) is 4.79 Å². The van der Waals surface area contributed by atoms with E-state index in [0.717, 1.165) is 31.0 Å². The number of amides is 3. The first-order valence-electron chi connectivity index (χ1n) is 8.19. The standard InChI is InChI=1S/C17H23F2N3O2/c1-2-15(13-9-12(18)5-6-14(13)19)21-17(24)22-7-3-4-11(10-22)8-16(20)23/h5-6,9,11,15H,2-4,7-8,10H2,1H3,(H2,20,23)(H,21,24)/t11-,15-/m1/s1. The zero-order valence-electron chi connectivity index (χ0n) is 13.7. The highest BCUT2D eigenvalue weighted by atomic mass is 19.1. The first-order chi connectivity index (χ1) is 11.4. The fraction of sp³-hybridized carbons (Fsp3) is 0.529. The number of rotatable bonds is 5. The van der Waals surface area contributed by atoms with Crippen molar-refractivity contribution in [1.29, 1.82) is 0 Å².